The van der Waals surface area contributed by atoms with Crippen LogP contribution in [0.2, 0.25) is 0 Å². The molecule has 5 nitrogen and oxygen atoms in total. The molecule has 0 aromatic heterocycles. The van der Waals surface area contributed by atoms with Crippen LogP contribution >= 0.6 is 0 Å². The lowest BCUT2D eigenvalue weighted by molar-refractivity contribution is 0.136. The van der Waals surface area contributed by atoms with E-state index in [9.17, 15) is 4.79 Å². The second-order valence-electron chi connectivity index (χ2n) is 5.57. The van der Waals surface area contributed by atoms with Crippen molar-refractivity contribution in [1.29, 1.82) is 0 Å². The summed E-state index contributed by atoms with van der Waals surface area (Å²) in [6.45, 7) is 4.40. The highest BCUT2D eigenvalue weighted by atomic mass is 16.6. The average Bonchev–Trinajstić information content (AvgIpc) is 2.66. The first-order valence-corrected chi connectivity index (χ1v) is 8.62. The molecule has 0 saturated heterocycles. The molecule has 2 rings (SSSR count). The molecule has 2 aromatic carbocycles. The molecule has 0 heterocycles. The van der Waals surface area contributed by atoms with Gasteiger partial charge in [-0.3, -0.25) is 5.32 Å². The van der Waals surface area contributed by atoms with Gasteiger partial charge in [-0.15, -0.1) is 0 Å². The molecule has 0 saturated carbocycles. The second kappa shape index (κ2) is 10.1. The number of nitrogens with one attached hydrogen (secondary N) is 1. The molecule has 0 aliphatic rings. The first kappa shape index (κ1) is 19.4. The van der Waals surface area contributed by atoms with E-state index in [4.69, 9.17) is 14.2 Å². The van der Waals surface area contributed by atoms with Crippen LogP contribution in [0.4, 0.5) is 10.5 Å². The van der Waals surface area contributed by atoms with Crippen LogP contribution in [0.25, 0.3) is 6.08 Å². The molecule has 0 bridgehead atoms. The van der Waals surface area contributed by atoms with Crippen LogP contribution in [0.5, 0.6) is 11.5 Å². The van der Waals surface area contributed by atoms with Gasteiger partial charge in [0.25, 0.3) is 0 Å². The molecule has 1 N–H and O–H groups in total. The zero-order valence-corrected chi connectivity index (χ0v) is 15.5. The molecular weight excluding hydrogens is 330 g/mol. The normalized spacial score (nSPS) is 10.6. The van der Waals surface area contributed by atoms with E-state index in [0.717, 1.165) is 23.2 Å². The third-order valence-corrected chi connectivity index (χ3v) is 3.70. The van der Waals surface area contributed by atoms with E-state index in [1.165, 1.54) is 0 Å². The molecule has 0 fully saturated rings. The number of anilines is 1. The number of hydrogen-bond acceptors (Lipinski definition) is 4. The van der Waals surface area contributed by atoms with Gasteiger partial charge in [0.2, 0.25) is 0 Å². The van der Waals surface area contributed by atoms with Crippen LogP contribution in [-0.4, -0.2) is 26.4 Å². The highest BCUT2D eigenvalue weighted by Gasteiger charge is 2.07. The minimum atomic E-state index is -0.503. The van der Waals surface area contributed by atoms with Crippen molar-refractivity contribution in [2.24, 2.45) is 0 Å². The number of rotatable bonds is 8. The fraction of sp³-hybridized carbons (Fsp3) is 0.286. The number of methoxy groups -OCH3 is 1. The van der Waals surface area contributed by atoms with Crippen LogP contribution in [0.1, 0.15) is 25.0 Å². The molecule has 0 aliphatic carbocycles. The Bertz CT molecular complexity index is 755. The van der Waals surface area contributed by atoms with Gasteiger partial charge in [-0.25, -0.2) is 4.79 Å². The summed E-state index contributed by atoms with van der Waals surface area (Å²) in [7, 11) is 1.59. The Labute approximate surface area is 154 Å². The van der Waals surface area contributed by atoms with Crippen molar-refractivity contribution in [1.82, 2.24) is 0 Å². The maximum Gasteiger partial charge on any atom is 0.411 e. The molecule has 0 aliphatic heterocycles. The minimum absolute atomic E-state index is 0.138. The smallest absolute Gasteiger partial charge is 0.411 e. The van der Waals surface area contributed by atoms with Crippen LogP contribution < -0.4 is 14.8 Å². The lowest BCUT2D eigenvalue weighted by Crippen LogP contribution is -2.17. The van der Waals surface area contributed by atoms with Crippen molar-refractivity contribution in [3.8, 4) is 11.5 Å². The van der Waals surface area contributed by atoms with Gasteiger partial charge >= 0.3 is 6.09 Å². The first-order chi connectivity index (χ1) is 12.7. The molecule has 0 unspecified atom stereocenters. The van der Waals surface area contributed by atoms with Gasteiger partial charge in [0.05, 0.1) is 7.11 Å². The summed E-state index contributed by atoms with van der Waals surface area (Å²) < 4.78 is 16.1. The average molecular weight is 355 g/mol. The summed E-state index contributed by atoms with van der Waals surface area (Å²) >= 11 is 0. The molecule has 0 atom stereocenters. The van der Waals surface area contributed by atoms with Gasteiger partial charge in [-0.1, -0.05) is 37.3 Å². The Balaban J connectivity index is 1.80. The summed E-state index contributed by atoms with van der Waals surface area (Å²) in [5, 5.41) is 2.71. The quantitative estimate of drug-likeness (QED) is 0.683. The van der Waals surface area contributed by atoms with Gasteiger partial charge in [-0.2, -0.15) is 0 Å². The zero-order chi connectivity index (χ0) is 18.8. The number of benzene rings is 2. The van der Waals surface area contributed by atoms with E-state index in [1.807, 2.05) is 61.5 Å². The van der Waals surface area contributed by atoms with Gasteiger partial charge in [0.15, 0.2) is 11.5 Å². The number of aryl methyl sites for hydroxylation is 1. The van der Waals surface area contributed by atoms with E-state index in [-0.39, 0.29) is 13.2 Å². The molecule has 26 heavy (non-hydrogen) atoms. The number of amides is 1. The summed E-state index contributed by atoms with van der Waals surface area (Å²) in [5.41, 5.74) is 2.90. The molecular formula is C21H25NO4. The summed E-state index contributed by atoms with van der Waals surface area (Å²) in [6.07, 6.45) is 4.34. The van der Waals surface area contributed by atoms with Crippen molar-refractivity contribution in [3.05, 3.63) is 59.7 Å². The van der Waals surface area contributed by atoms with Crippen molar-refractivity contribution in [2.45, 2.75) is 20.3 Å². The van der Waals surface area contributed by atoms with Gasteiger partial charge in [0, 0.05) is 5.69 Å². The molecule has 5 heteroatoms. The van der Waals surface area contributed by atoms with Gasteiger partial charge in [-0.05, 0) is 48.7 Å². The number of carbonyl (C=O) groups is 1. The van der Waals surface area contributed by atoms with E-state index >= 15 is 0 Å². The van der Waals surface area contributed by atoms with E-state index in [1.54, 1.807) is 7.11 Å². The lowest BCUT2D eigenvalue weighted by atomic mass is 10.1. The summed E-state index contributed by atoms with van der Waals surface area (Å²) in [4.78, 5) is 11.8. The van der Waals surface area contributed by atoms with Gasteiger partial charge in [0.1, 0.15) is 13.2 Å². The predicted molar refractivity (Wildman–Crippen MR) is 104 cm³/mol. The van der Waals surface area contributed by atoms with E-state index in [0.29, 0.717) is 11.5 Å². The number of hydrogen-bond donors (Lipinski definition) is 1. The Morgan fingerprint density at radius 3 is 2.69 bits per heavy atom. The standard InChI is InChI=1S/C21H25NO4/c1-4-7-17-10-11-19(20(15-17)24-3)25-12-13-26-21(23)22-18-9-6-8-16(5-2)14-18/h4,6-11,14-15H,5,12-13H2,1-3H3,(H,22,23). The topological polar surface area (TPSA) is 56.8 Å². The molecule has 1 amide bonds. The fourth-order valence-electron chi connectivity index (χ4n) is 2.41. The SMILES string of the molecule is CC=Cc1ccc(OCCOC(=O)Nc2cccc(CC)c2)c(OC)c1. The second-order valence-corrected chi connectivity index (χ2v) is 5.57. The van der Waals surface area contributed by atoms with E-state index < -0.39 is 6.09 Å². The number of carbonyl (C=O) groups excluding carboxylic acids is 1. The van der Waals surface area contributed by atoms with Crippen LogP contribution in [-0.2, 0) is 11.2 Å². The summed E-state index contributed by atoms with van der Waals surface area (Å²) in [5.74, 6) is 1.25. The van der Waals surface area contributed by atoms with Crippen molar-refractivity contribution in [3.63, 3.8) is 0 Å². The number of ether oxygens (including phenoxy) is 3. The van der Waals surface area contributed by atoms with Crippen molar-refractivity contribution in [2.75, 3.05) is 25.6 Å². The Morgan fingerprint density at radius 1 is 1.12 bits per heavy atom. The Kier molecular flexibility index (Phi) is 7.55. The molecule has 138 valence electrons. The third-order valence-electron chi connectivity index (χ3n) is 3.70. The first-order valence-electron chi connectivity index (χ1n) is 8.62. The Morgan fingerprint density at radius 2 is 1.96 bits per heavy atom. The maximum atomic E-state index is 11.8. The predicted octanol–water partition coefficient (Wildman–Crippen LogP) is 4.92. The molecule has 0 radical (unpaired) electrons. The largest absolute Gasteiger partial charge is 0.493 e. The van der Waals surface area contributed by atoms with Crippen molar-refractivity contribution >= 4 is 17.9 Å². The van der Waals surface area contributed by atoms with Crippen LogP contribution in [0.3, 0.4) is 0 Å². The zero-order valence-electron chi connectivity index (χ0n) is 15.5. The monoisotopic (exact) mass is 355 g/mol. The molecule has 2 aromatic rings. The van der Waals surface area contributed by atoms with E-state index in [2.05, 4.69) is 12.2 Å². The maximum absolute atomic E-state index is 11.8. The summed E-state index contributed by atoms with van der Waals surface area (Å²) in [6, 6.07) is 13.3. The minimum Gasteiger partial charge on any atom is -0.493 e. The van der Waals surface area contributed by atoms with Gasteiger partial charge < -0.3 is 14.2 Å². The Hall–Kier alpha value is -2.95. The third kappa shape index (κ3) is 5.84. The molecule has 0 spiro atoms. The van der Waals surface area contributed by atoms with Crippen LogP contribution in [0, 0.1) is 0 Å². The fourth-order valence-corrected chi connectivity index (χ4v) is 2.41. The highest BCUT2D eigenvalue weighted by Crippen LogP contribution is 2.28. The number of allylic oxidation sites excluding steroid dienone is 1. The highest BCUT2D eigenvalue weighted by molar-refractivity contribution is 5.84. The lowest BCUT2D eigenvalue weighted by Gasteiger charge is -2.12. The van der Waals surface area contributed by atoms with Crippen LogP contribution in [0.15, 0.2) is 48.5 Å². The van der Waals surface area contributed by atoms with Crippen molar-refractivity contribution < 1.29 is 19.0 Å².